The van der Waals surface area contributed by atoms with Gasteiger partial charge in [0.05, 0.1) is 7.45 Å². The van der Waals surface area contributed by atoms with Gasteiger partial charge in [-0.2, -0.15) is 8.42 Å². The fourth-order valence-electron chi connectivity index (χ4n) is 5.13. The molecule has 0 spiro atoms. The molecule has 5 atom stereocenters. The molecule has 0 radical (unpaired) electrons. The summed E-state index contributed by atoms with van der Waals surface area (Å²) >= 11 is 0. The number of rotatable bonds is 2. The number of aryl methyl sites for hydroxylation is 1. The van der Waals surface area contributed by atoms with Gasteiger partial charge in [0, 0.05) is 2.74 Å². The fraction of sp³-hybridized carbons (Fsp3) is 0.667. The second-order valence-electron chi connectivity index (χ2n) is 7.47. The highest BCUT2D eigenvalue weighted by Crippen LogP contribution is 2.60. The van der Waals surface area contributed by atoms with Crippen molar-refractivity contribution < 1.29 is 26.4 Å². The molecule has 6 heteroatoms. The van der Waals surface area contributed by atoms with Gasteiger partial charge in [-0.3, -0.25) is 4.55 Å². The van der Waals surface area contributed by atoms with Crippen LogP contribution in [0.4, 0.5) is 0 Å². The standard InChI is InChI=1S/C18H24O5S/c1-18-9-8-14-13-5-3-12(23-24(20,21)22)10-11(13)2-4-15(14)16(18)6-7-17(18)19/h3,5,10,14-17,19H,2,4,6-9H2,1H3,(H,20,21,22)/t14-,15-,16+,17+,18+/m1/s1/i7D2,17D. The molecule has 0 aromatic heterocycles. The number of aliphatic hydroxyl groups is 1. The highest BCUT2D eigenvalue weighted by Gasteiger charge is 2.54. The summed E-state index contributed by atoms with van der Waals surface area (Å²) in [6.45, 7) is 1.85. The van der Waals surface area contributed by atoms with Crippen LogP contribution in [0.5, 0.6) is 5.75 Å². The predicted octanol–water partition coefficient (Wildman–Crippen LogP) is 3.09. The maximum atomic E-state index is 10.9. The lowest BCUT2D eigenvalue weighted by Gasteiger charge is -2.50. The summed E-state index contributed by atoms with van der Waals surface area (Å²) in [5.74, 6) is 0.374. The Kier molecular flexibility index (Phi) is 2.98. The monoisotopic (exact) mass is 355 g/mol. The van der Waals surface area contributed by atoms with Crippen LogP contribution in [-0.4, -0.2) is 24.2 Å². The quantitative estimate of drug-likeness (QED) is 0.797. The normalized spacial score (nSPS) is 45.1. The van der Waals surface area contributed by atoms with Crippen LogP contribution in [0.25, 0.3) is 0 Å². The van der Waals surface area contributed by atoms with E-state index in [9.17, 15) is 13.5 Å². The summed E-state index contributed by atoms with van der Waals surface area (Å²) in [5.41, 5.74) is 1.29. The zero-order valence-corrected chi connectivity index (χ0v) is 14.3. The Morgan fingerprint density at radius 2 is 2.17 bits per heavy atom. The molecule has 1 aromatic rings. The number of fused-ring (bicyclic) bond motifs is 5. The van der Waals surface area contributed by atoms with E-state index in [-0.39, 0.29) is 29.9 Å². The van der Waals surface area contributed by atoms with Crippen LogP contribution in [0, 0.1) is 17.3 Å². The molecule has 4 rings (SSSR count). The Balaban J connectivity index is 1.67. The van der Waals surface area contributed by atoms with Crippen LogP contribution in [-0.2, 0) is 16.8 Å². The van der Waals surface area contributed by atoms with Crippen molar-refractivity contribution in [2.75, 3.05) is 0 Å². The summed E-state index contributed by atoms with van der Waals surface area (Å²) in [6.07, 6.45) is -1.05. The first kappa shape index (κ1) is 13.1. The van der Waals surface area contributed by atoms with Crippen LogP contribution >= 0.6 is 0 Å². The third-order valence-corrected chi connectivity index (χ3v) is 6.72. The van der Waals surface area contributed by atoms with Crippen molar-refractivity contribution in [1.82, 2.24) is 0 Å². The molecule has 0 saturated heterocycles. The number of hydrogen-bond donors (Lipinski definition) is 2. The molecule has 0 amide bonds. The van der Waals surface area contributed by atoms with Gasteiger partial charge < -0.3 is 9.29 Å². The molecule has 132 valence electrons. The SMILES string of the molecule is [2H]C1([2H])C[C@H]2[C@@H]3CCc4cc(OS(=O)(=O)O)ccc4[C@H]3CC[C@]2(C)[C@@]1([2H])O. The predicted molar refractivity (Wildman–Crippen MR) is 89.2 cm³/mol. The number of hydrogen-bond acceptors (Lipinski definition) is 4. The average molecular weight is 355 g/mol. The molecule has 24 heavy (non-hydrogen) atoms. The van der Waals surface area contributed by atoms with E-state index in [4.69, 9.17) is 8.67 Å². The summed E-state index contributed by atoms with van der Waals surface area (Å²) in [5, 5.41) is 10.7. The lowest BCUT2D eigenvalue weighted by atomic mass is 9.55. The van der Waals surface area contributed by atoms with Gasteiger partial charge in [-0.05, 0) is 84.9 Å². The molecule has 2 fully saturated rings. The second kappa shape index (κ2) is 5.44. The Bertz CT molecular complexity index is 885. The van der Waals surface area contributed by atoms with Gasteiger partial charge in [-0.1, -0.05) is 13.0 Å². The molecule has 2 N–H and O–H groups in total. The number of benzene rings is 1. The topological polar surface area (TPSA) is 83.8 Å². The molecule has 3 aliphatic rings. The van der Waals surface area contributed by atoms with Crippen LogP contribution in [0.2, 0.25) is 0 Å². The first-order valence-corrected chi connectivity index (χ1v) is 9.74. The lowest BCUT2D eigenvalue weighted by molar-refractivity contribution is -0.0226. The summed E-state index contributed by atoms with van der Waals surface area (Å²) in [6, 6.07) is 4.99. The zero-order valence-electron chi connectivity index (χ0n) is 16.5. The van der Waals surface area contributed by atoms with Crippen molar-refractivity contribution >= 4 is 10.4 Å². The van der Waals surface area contributed by atoms with Crippen molar-refractivity contribution in [3.05, 3.63) is 29.3 Å². The van der Waals surface area contributed by atoms with E-state index < -0.39 is 28.3 Å². The maximum absolute atomic E-state index is 10.9. The van der Waals surface area contributed by atoms with Gasteiger partial charge in [0.1, 0.15) is 5.75 Å². The smallest absolute Gasteiger partial charge is 0.393 e. The van der Waals surface area contributed by atoms with Gasteiger partial charge in [0.25, 0.3) is 0 Å². The van der Waals surface area contributed by atoms with Gasteiger partial charge in [0.15, 0.2) is 0 Å². The van der Waals surface area contributed by atoms with Gasteiger partial charge in [0.2, 0.25) is 0 Å². The summed E-state index contributed by atoms with van der Waals surface area (Å²) in [7, 11) is -4.56. The Morgan fingerprint density at radius 1 is 1.38 bits per heavy atom. The molecule has 0 unspecified atom stereocenters. The van der Waals surface area contributed by atoms with E-state index in [0.717, 1.165) is 24.0 Å². The van der Waals surface area contributed by atoms with Crippen molar-refractivity contribution in [3.63, 3.8) is 0 Å². The van der Waals surface area contributed by atoms with E-state index in [1.807, 2.05) is 13.0 Å². The second-order valence-corrected chi connectivity index (χ2v) is 8.49. The Morgan fingerprint density at radius 3 is 2.92 bits per heavy atom. The molecule has 2 saturated carbocycles. The summed E-state index contributed by atoms with van der Waals surface area (Å²) < 4.78 is 60.1. The first-order chi connectivity index (χ1) is 12.4. The largest absolute Gasteiger partial charge is 0.446 e. The van der Waals surface area contributed by atoms with Gasteiger partial charge in [-0.15, -0.1) is 0 Å². The molecule has 1 aromatic carbocycles. The molecule has 0 heterocycles. The van der Waals surface area contributed by atoms with E-state index in [1.54, 1.807) is 6.07 Å². The average Bonchev–Trinajstić information content (AvgIpc) is 2.69. The molecular formula is C18H24O5S. The highest BCUT2D eigenvalue weighted by molar-refractivity contribution is 7.81. The van der Waals surface area contributed by atoms with Crippen molar-refractivity contribution in [2.24, 2.45) is 17.3 Å². The molecular weight excluding hydrogens is 328 g/mol. The lowest BCUT2D eigenvalue weighted by Crippen LogP contribution is -2.43. The van der Waals surface area contributed by atoms with Crippen LogP contribution < -0.4 is 4.18 Å². The fourth-order valence-corrected chi connectivity index (χ4v) is 5.48. The minimum atomic E-state index is -4.56. The van der Waals surface area contributed by atoms with Crippen LogP contribution in [0.1, 0.15) is 60.1 Å². The molecule has 0 bridgehead atoms. The first-order valence-electron chi connectivity index (χ1n) is 9.88. The van der Waals surface area contributed by atoms with E-state index in [0.29, 0.717) is 12.8 Å². The highest BCUT2D eigenvalue weighted by atomic mass is 32.3. The Labute approximate surface area is 147 Å². The molecule has 0 aliphatic heterocycles. The van der Waals surface area contributed by atoms with Crippen molar-refractivity contribution in [3.8, 4) is 5.75 Å². The maximum Gasteiger partial charge on any atom is 0.446 e. The summed E-state index contributed by atoms with van der Waals surface area (Å²) in [4.78, 5) is 0. The van der Waals surface area contributed by atoms with Gasteiger partial charge >= 0.3 is 10.4 Å². The van der Waals surface area contributed by atoms with E-state index in [1.165, 1.54) is 6.07 Å². The van der Waals surface area contributed by atoms with Crippen molar-refractivity contribution in [2.45, 2.75) is 57.4 Å². The van der Waals surface area contributed by atoms with E-state index in [2.05, 4.69) is 4.18 Å². The van der Waals surface area contributed by atoms with Crippen LogP contribution in [0.15, 0.2) is 18.2 Å². The minimum absolute atomic E-state index is 0.0735. The zero-order chi connectivity index (χ0) is 19.8. The Hall–Kier alpha value is -1.11. The third kappa shape index (κ3) is 2.55. The van der Waals surface area contributed by atoms with Gasteiger partial charge in [-0.25, -0.2) is 0 Å². The van der Waals surface area contributed by atoms with E-state index >= 15 is 0 Å². The van der Waals surface area contributed by atoms with Crippen molar-refractivity contribution in [1.29, 1.82) is 0 Å². The minimum Gasteiger partial charge on any atom is -0.393 e. The molecule has 3 aliphatic carbocycles. The molecule has 5 nitrogen and oxygen atoms in total. The van der Waals surface area contributed by atoms with Crippen LogP contribution in [0.3, 0.4) is 0 Å². The third-order valence-electron chi connectivity index (χ3n) is 6.32.